The average Bonchev–Trinajstić information content (AvgIpc) is 3.17. The van der Waals surface area contributed by atoms with E-state index < -0.39 is 0 Å². The summed E-state index contributed by atoms with van der Waals surface area (Å²) in [6, 6.07) is 43.9. The zero-order valence-corrected chi connectivity index (χ0v) is 32.1. The van der Waals surface area contributed by atoms with Gasteiger partial charge in [-0.3, -0.25) is 9.59 Å². The van der Waals surface area contributed by atoms with Gasteiger partial charge in [0.2, 0.25) is 0 Å². The standard InChI is InChI=1S/C47H40O2S3/c1-29-7-13-32(14-8-29)33-15-17-34(18-16-33)35-19-25-38(26-20-35)52-41-27-28-42(51-37-23-11-31(3)12-24-37)45-44(41)46(48)39-5-4-6-40(43(39)47(45)49)50-36-21-9-30(2)10-22-36/h4-6,9-12,15-29,32H,7-8,13-14H2,1-3H3. The lowest BCUT2D eigenvalue weighted by Gasteiger charge is -2.26. The highest BCUT2D eigenvalue weighted by Gasteiger charge is 2.36. The van der Waals surface area contributed by atoms with E-state index in [1.54, 1.807) is 17.8 Å². The summed E-state index contributed by atoms with van der Waals surface area (Å²) in [6.07, 6.45) is 5.22. The Balaban J connectivity index is 1.12. The second-order valence-corrected chi connectivity index (χ2v) is 17.5. The molecule has 0 spiro atoms. The van der Waals surface area contributed by atoms with E-state index in [1.807, 2.05) is 24.3 Å². The van der Waals surface area contributed by atoms with Crippen LogP contribution in [0.25, 0.3) is 11.1 Å². The largest absolute Gasteiger partial charge is 0.289 e. The molecule has 0 aliphatic heterocycles. The van der Waals surface area contributed by atoms with Gasteiger partial charge in [-0.25, -0.2) is 0 Å². The predicted molar refractivity (Wildman–Crippen MR) is 217 cm³/mol. The van der Waals surface area contributed by atoms with Crippen LogP contribution in [0.2, 0.25) is 0 Å². The number of hydrogen-bond acceptors (Lipinski definition) is 5. The summed E-state index contributed by atoms with van der Waals surface area (Å²) < 4.78 is 0. The molecule has 0 amide bonds. The molecule has 1 saturated carbocycles. The molecule has 2 aliphatic carbocycles. The molecule has 52 heavy (non-hydrogen) atoms. The second kappa shape index (κ2) is 15.0. The minimum absolute atomic E-state index is 0.0987. The molecule has 6 aromatic carbocycles. The van der Waals surface area contributed by atoms with Crippen molar-refractivity contribution in [1.29, 1.82) is 0 Å². The monoisotopic (exact) mass is 732 g/mol. The normalized spacial score (nSPS) is 16.8. The summed E-state index contributed by atoms with van der Waals surface area (Å²) in [4.78, 5) is 34.8. The van der Waals surface area contributed by atoms with Gasteiger partial charge in [-0.2, -0.15) is 0 Å². The first-order chi connectivity index (χ1) is 25.3. The molecule has 0 radical (unpaired) electrons. The Kier molecular flexibility index (Phi) is 10.0. The topological polar surface area (TPSA) is 34.1 Å². The number of carbonyl (C=O) groups is 2. The molecule has 0 heterocycles. The molecule has 2 nitrogen and oxygen atoms in total. The molecule has 258 valence electrons. The maximum Gasteiger partial charge on any atom is 0.196 e. The molecule has 0 bridgehead atoms. The smallest absolute Gasteiger partial charge is 0.196 e. The van der Waals surface area contributed by atoms with Crippen molar-refractivity contribution in [2.45, 2.75) is 81.7 Å². The minimum atomic E-state index is -0.103. The van der Waals surface area contributed by atoms with Crippen molar-refractivity contribution in [3.63, 3.8) is 0 Å². The van der Waals surface area contributed by atoms with Gasteiger partial charge in [0, 0.05) is 51.6 Å². The van der Waals surface area contributed by atoms with Gasteiger partial charge in [0.1, 0.15) is 0 Å². The van der Waals surface area contributed by atoms with Crippen molar-refractivity contribution in [3.05, 3.63) is 166 Å². The summed E-state index contributed by atoms with van der Waals surface area (Å²) in [7, 11) is 0. The molecule has 0 saturated heterocycles. The van der Waals surface area contributed by atoms with Crippen LogP contribution >= 0.6 is 35.3 Å². The number of fused-ring (bicyclic) bond motifs is 2. The highest BCUT2D eigenvalue weighted by atomic mass is 32.2. The lowest BCUT2D eigenvalue weighted by Crippen LogP contribution is -2.23. The van der Waals surface area contributed by atoms with Crippen LogP contribution in [0.1, 0.15) is 87.1 Å². The van der Waals surface area contributed by atoms with E-state index >= 15 is 0 Å². The Bertz CT molecular complexity index is 2260. The Hall–Kier alpha value is -4.29. The third-order valence-corrected chi connectivity index (χ3v) is 13.6. The Morgan fingerprint density at radius 2 is 0.904 bits per heavy atom. The Labute approximate surface area is 319 Å². The van der Waals surface area contributed by atoms with Crippen LogP contribution in [0, 0.1) is 19.8 Å². The zero-order valence-electron chi connectivity index (χ0n) is 29.6. The van der Waals surface area contributed by atoms with E-state index in [2.05, 4.69) is 118 Å². The Morgan fingerprint density at radius 3 is 1.42 bits per heavy atom. The molecule has 6 aromatic rings. The van der Waals surface area contributed by atoms with E-state index in [1.165, 1.54) is 77.0 Å². The van der Waals surface area contributed by atoms with Crippen molar-refractivity contribution in [1.82, 2.24) is 0 Å². The minimum Gasteiger partial charge on any atom is -0.289 e. The molecular formula is C47H40O2S3. The summed E-state index contributed by atoms with van der Waals surface area (Å²) >= 11 is 4.62. The summed E-state index contributed by atoms with van der Waals surface area (Å²) in [6.45, 7) is 6.50. The van der Waals surface area contributed by atoms with E-state index in [9.17, 15) is 9.59 Å². The fourth-order valence-corrected chi connectivity index (χ4v) is 10.2. The van der Waals surface area contributed by atoms with Crippen molar-refractivity contribution >= 4 is 46.9 Å². The van der Waals surface area contributed by atoms with Gasteiger partial charge in [0.15, 0.2) is 11.6 Å². The van der Waals surface area contributed by atoms with Gasteiger partial charge in [-0.1, -0.05) is 139 Å². The predicted octanol–water partition coefficient (Wildman–Crippen LogP) is 13.5. The molecule has 0 unspecified atom stereocenters. The first-order valence-corrected chi connectivity index (χ1v) is 20.5. The van der Waals surface area contributed by atoms with Crippen molar-refractivity contribution in [2.24, 2.45) is 5.92 Å². The number of benzene rings is 6. The third-order valence-electron chi connectivity index (χ3n) is 10.4. The molecule has 8 rings (SSSR count). The fourth-order valence-electron chi connectivity index (χ4n) is 7.33. The van der Waals surface area contributed by atoms with Gasteiger partial charge >= 0.3 is 0 Å². The van der Waals surface area contributed by atoms with Crippen LogP contribution in [0.3, 0.4) is 0 Å². The van der Waals surface area contributed by atoms with Gasteiger partial charge in [-0.15, -0.1) is 0 Å². The van der Waals surface area contributed by atoms with Crippen LogP contribution in [-0.2, 0) is 0 Å². The van der Waals surface area contributed by atoms with Crippen LogP contribution in [0.4, 0.5) is 0 Å². The number of ketones is 2. The van der Waals surface area contributed by atoms with Crippen LogP contribution in [-0.4, -0.2) is 11.6 Å². The van der Waals surface area contributed by atoms with Gasteiger partial charge in [0.25, 0.3) is 0 Å². The van der Waals surface area contributed by atoms with Crippen LogP contribution in [0.5, 0.6) is 0 Å². The van der Waals surface area contributed by atoms with Crippen molar-refractivity contribution in [2.75, 3.05) is 0 Å². The van der Waals surface area contributed by atoms with E-state index in [0.29, 0.717) is 28.2 Å². The lowest BCUT2D eigenvalue weighted by atomic mass is 9.79. The number of rotatable bonds is 8. The van der Waals surface area contributed by atoms with E-state index in [4.69, 9.17) is 0 Å². The fraction of sp³-hybridized carbons (Fsp3) is 0.191. The van der Waals surface area contributed by atoms with E-state index in [0.717, 1.165) is 35.3 Å². The van der Waals surface area contributed by atoms with Crippen LogP contribution in [0.15, 0.2) is 157 Å². The van der Waals surface area contributed by atoms with E-state index in [-0.39, 0.29) is 11.6 Å². The molecule has 0 N–H and O–H groups in total. The first-order valence-electron chi connectivity index (χ1n) is 18.1. The number of aryl methyl sites for hydroxylation is 2. The molecular weight excluding hydrogens is 693 g/mol. The van der Waals surface area contributed by atoms with Crippen molar-refractivity contribution < 1.29 is 9.59 Å². The highest BCUT2D eigenvalue weighted by molar-refractivity contribution is 8.00. The second-order valence-electron chi connectivity index (χ2n) is 14.2. The quantitative estimate of drug-likeness (QED) is 0.155. The van der Waals surface area contributed by atoms with Crippen molar-refractivity contribution in [3.8, 4) is 11.1 Å². The maximum atomic E-state index is 14.7. The lowest BCUT2D eigenvalue weighted by molar-refractivity contribution is 0.0972. The van der Waals surface area contributed by atoms with Crippen LogP contribution < -0.4 is 0 Å². The maximum absolute atomic E-state index is 14.7. The summed E-state index contributed by atoms with van der Waals surface area (Å²) in [5.41, 5.74) is 8.13. The zero-order chi connectivity index (χ0) is 35.8. The van der Waals surface area contributed by atoms with Gasteiger partial charge < -0.3 is 0 Å². The molecule has 0 atom stereocenters. The molecule has 2 aliphatic rings. The average molecular weight is 733 g/mol. The Morgan fingerprint density at radius 1 is 0.462 bits per heavy atom. The summed E-state index contributed by atoms with van der Waals surface area (Å²) in [5, 5.41) is 0. The van der Waals surface area contributed by atoms with Gasteiger partial charge in [-0.05, 0) is 110 Å². The van der Waals surface area contributed by atoms with Gasteiger partial charge in [0.05, 0.1) is 0 Å². The highest BCUT2D eigenvalue weighted by Crippen LogP contribution is 2.46. The third kappa shape index (κ3) is 7.19. The number of carbonyl (C=O) groups excluding carboxylic acids is 2. The number of hydrogen-bond donors (Lipinski definition) is 0. The molecule has 5 heteroatoms. The first kappa shape index (κ1) is 34.8. The SMILES string of the molecule is Cc1ccc(Sc2cccc3c2C(=O)c2c(Sc4ccc(C)cc4)ccc(Sc4ccc(-c5ccc(C6CCC(C)CC6)cc5)cc4)c2C3=O)cc1. The molecule has 1 fully saturated rings. The molecule has 0 aromatic heterocycles. The summed E-state index contributed by atoms with van der Waals surface area (Å²) in [5.74, 6) is 1.33.